The average molecular weight is 487 g/mol. The first-order chi connectivity index (χ1) is 16.5. The van der Waals surface area contributed by atoms with Gasteiger partial charge in [0, 0.05) is 26.8 Å². The molecule has 0 spiro atoms. The van der Waals surface area contributed by atoms with E-state index in [0.29, 0.717) is 21.0 Å². The highest BCUT2D eigenvalue weighted by Gasteiger charge is 2.23. The van der Waals surface area contributed by atoms with E-state index < -0.39 is 10.8 Å². The number of nitro groups is 1. The van der Waals surface area contributed by atoms with Crippen LogP contribution < -0.4 is 5.32 Å². The fourth-order valence-corrected chi connectivity index (χ4v) is 5.87. The van der Waals surface area contributed by atoms with Gasteiger partial charge in [-0.25, -0.2) is 0 Å². The second-order valence-corrected chi connectivity index (χ2v) is 9.77. The molecule has 34 heavy (non-hydrogen) atoms. The van der Waals surface area contributed by atoms with E-state index in [2.05, 4.69) is 11.4 Å². The van der Waals surface area contributed by atoms with Crippen molar-refractivity contribution in [3.8, 4) is 12.1 Å². The molecule has 0 fully saturated rings. The number of hydrogen-bond donors (Lipinski definition) is 1. The molecule has 1 aliphatic rings. The Morgan fingerprint density at radius 1 is 1.15 bits per heavy atom. The summed E-state index contributed by atoms with van der Waals surface area (Å²) in [5.74, 6) is -0.653. The van der Waals surface area contributed by atoms with Gasteiger partial charge in [0.1, 0.15) is 22.7 Å². The molecular formula is C25H18N4O3S2. The van der Waals surface area contributed by atoms with Gasteiger partial charge in [0.25, 0.3) is 11.6 Å². The maximum atomic E-state index is 13.0. The maximum Gasteiger partial charge on any atom is 0.270 e. The average Bonchev–Trinajstić information content (AvgIpc) is 3.20. The van der Waals surface area contributed by atoms with E-state index in [1.165, 1.54) is 41.3 Å². The number of benzene rings is 2. The van der Waals surface area contributed by atoms with Gasteiger partial charge in [0.05, 0.1) is 10.5 Å². The highest BCUT2D eigenvalue weighted by molar-refractivity contribution is 7.99. The van der Waals surface area contributed by atoms with Crippen molar-refractivity contribution in [1.29, 1.82) is 10.5 Å². The third kappa shape index (κ3) is 5.01. The number of carbonyl (C=O) groups is 1. The van der Waals surface area contributed by atoms with Gasteiger partial charge in [-0.2, -0.15) is 10.5 Å². The molecule has 1 amide bonds. The van der Waals surface area contributed by atoms with Crippen molar-refractivity contribution in [3.05, 3.63) is 85.8 Å². The van der Waals surface area contributed by atoms with Crippen LogP contribution in [0.4, 0.5) is 10.7 Å². The second-order valence-electron chi connectivity index (χ2n) is 7.55. The predicted molar refractivity (Wildman–Crippen MR) is 132 cm³/mol. The molecule has 168 valence electrons. The molecule has 0 radical (unpaired) electrons. The molecule has 9 heteroatoms. The van der Waals surface area contributed by atoms with Crippen LogP contribution in [0.5, 0.6) is 0 Å². The summed E-state index contributed by atoms with van der Waals surface area (Å²) in [6, 6.07) is 17.9. The van der Waals surface area contributed by atoms with Crippen LogP contribution >= 0.6 is 23.1 Å². The zero-order chi connectivity index (χ0) is 24.1. The summed E-state index contributed by atoms with van der Waals surface area (Å²) in [7, 11) is 0. The summed E-state index contributed by atoms with van der Waals surface area (Å²) in [6.07, 6.45) is 5.08. The standard InChI is InChI=1S/C25H18N4O3S2/c26-14-17(24(30)28-25-21(15-27)20-8-4-5-9-23(20)34-25)12-16-13-18(29(31)32)10-11-22(16)33-19-6-2-1-3-7-19/h1-3,6-7,10-13H,4-5,8-9H2,(H,28,30)/b17-12-. The number of thiophene rings is 1. The van der Waals surface area contributed by atoms with Gasteiger partial charge in [-0.1, -0.05) is 30.0 Å². The van der Waals surface area contributed by atoms with Gasteiger partial charge < -0.3 is 5.32 Å². The first-order valence-electron chi connectivity index (χ1n) is 10.5. The minimum absolute atomic E-state index is 0.140. The van der Waals surface area contributed by atoms with Crippen LogP contribution in [0, 0.1) is 32.8 Å². The molecule has 1 aromatic heterocycles. The summed E-state index contributed by atoms with van der Waals surface area (Å²) in [4.78, 5) is 26.5. The van der Waals surface area contributed by atoms with Gasteiger partial charge >= 0.3 is 0 Å². The van der Waals surface area contributed by atoms with E-state index in [1.807, 2.05) is 36.4 Å². The van der Waals surface area contributed by atoms with Crippen molar-refractivity contribution in [1.82, 2.24) is 0 Å². The van der Waals surface area contributed by atoms with Gasteiger partial charge in [0.15, 0.2) is 0 Å². The largest absolute Gasteiger partial charge is 0.312 e. The summed E-state index contributed by atoms with van der Waals surface area (Å²) < 4.78 is 0. The second kappa shape index (κ2) is 10.3. The zero-order valence-electron chi connectivity index (χ0n) is 17.9. The lowest BCUT2D eigenvalue weighted by molar-refractivity contribution is -0.384. The number of non-ortho nitro benzene ring substituents is 1. The highest BCUT2D eigenvalue weighted by Crippen LogP contribution is 2.38. The summed E-state index contributed by atoms with van der Waals surface area (Å²) in [5, 5.41) is 33.8. The lowest BCUT2D eigenvalue weighted by Crippen LogP contribution is -2.13. The molecule has 0 aliphatic heterocycles. The Kier molecular flexibility index (Phi) is 7.07. The van der Waals surface area contributed by atoms with E-state index in [0.717, 1.165) is 41.0 Å². The third-order valence-corrected chi connectivity index (χ3v) is 7.66. The molecule has 0 saturated heterocycles. The van der Waals surface area contributed by atoms with Crippen LogP contribution in [-0.2, 0) is 17.6 Å². The molecule has 7 nitrogen and oxygen atoms in total. The van der Waals surface area contributed by atoms with Crippen LogP contribution in [0.15, 0.2) is 63.9 Å². The molecule has 3 aromatic rings. The Labute approximate surface area is 204 Å². The molecule has 1 aliphatic carbocycles. The minimum atomic E-state index is -0.653. The molecule has 0 unspecified atom stereocenters. The van der Waals surface area contributed by atoms with Gasteiger partial charge in [-0.05, 0) is 61.1 Å². The Balaban J connectivity index is 1.68. The van der Waals surface area contributed by atoms with Gasteiger partial charge in [0.2, 0.25) is 0 Å². The van der Waals surface area contributed by atoms with Crippen molar-refractivity contribution in [2.75, 3.05) is 5.32 Å². The van der Waals surface area contributed by atoms with Gasteiger partial charge in [-0.3, -0.25) is 14.9 Å². The fraction of sp³-hybridized carbons (Fsp3) is 0.160. The van der Waals surface area contributed by atoms with E-state index in [4.69, 9.17) is 0 Å². The lowest BCUT2D eigenvalue weighted by atomic mass is 9.96. The number of aryl methyl sites for hydroxylation is 1. The third-order valence-electron chi connectivity index (χ3n) is 5.35. The molecular weight excluding hydrogens is 468 g/mol. The number of nitriles is 2. The molecule has 2 aromatic carbocycles. The number of carbonyl (C=O) groups excluding carboxylic acids is 1. The smallest absolute Gasteiger partial charge is 0.270 e. The SMILES string of the molecule is N#C/C(=C/c1cc([N+](=O)[O-])ccc1Sc1ccccc1)C(=O)Nc1sc2c(c1C#N)CCCC2. The van der Waals surface area contributed by atoms with E-state index >= 15 is 0 Å². The zero-order valence-corrected chi connectivity index (χ0v) is 19.5. The molecule has 1 heterocycles. The van der Waals surface area contributed by atoms with E-state index in [1.54, 1.807) is 6.07 Å². The quantitative estimate of drug-likeness (QED) is 0.194. The summed E-state index contributed by atoms with van der Waals surface area (Å²) in [5.41, 5.74) is 1.49. The Hall–Kier alpha value is -3.92. The fourth-order valence-electron chi connectivity index (χ4n) is 3.72. The minimum Gasteiger partial charge on any atom is -0.312 e. The number of nitrogens with one attached hydrogen (secondary N) is 1. The van der Waals surface area contributed by atoms with Crippen LogP contribution in [0.3, 0.4) is 0 Å². The van der Waals surface area contributed by atoms with E-state index in [-0.39, 0.29) is 11.3 Å². The first-order valence-corrected chi connectivity index (χ1v) is 12.1. The Morgan fingerprint density at radius 2 is 1.91 bits per heavy atom. The molecule has 4 rings (SSSR count). The number of fused-ring (bicyclic) bond motifs is 1. The summed E-state index contributed by atoms with van der Waals surface area (Å²) >= 11 is 2.75. The van der Waals surface area contributed by atoms with Crippen LogP contribution in [0.2, 0.25) is 0 Å². The van der Waals surface area contributed by atoms with Gasteiger partial charge in [-0.15, -0.1) is 11.3 Å². The molecule has 0 bridgehead atoms. The van der Waals surface area contributed by atoms with Crippen molar-refractivity contribution in [2.24, 2.45) is 0 Å². The molecule has 0 atom stereocenters. The monoisotopic (exact) mass is 486 g/mol. The first kappa shape index (κ1) is 23.2. The van der Waals surface area contributed by atoms with Crippen molar-refractivity contribution < 1.29 is 9.72 Å². The lowest BCUT2D eigenvalue weighted by Gasteiger charge is -2.09. The summed E-state index contributed by atoms with van der Waals surface area (Å²) in [6.45, 7) is 0. The van der Waals surface area contributed by atoms with Crippen molar-refractivity contribution in [2.45, 2.75) is 35.5 Å². The Bertz CT molecular complexity index is 1380. The van der Waals surface area contributed by atoms with Crippen molar-refractivity contribution >= 4 is 45.8 Å². The predicted octanol–water partition coefficient (Wildman–Crippen LogP) is 6.10. The number of nitrogens with zero attached hydrogens (tertiary/aromatic N) is 3. The normalized spacial score (nSPS) is 12.8. The topological polar surface area (TPSA) is 120 Å². The maximum absolute atomic E-state index is 13.0. The highest BCUT2D eigenvalue weighted by atomic mass is 32.2. The number of hydrogen-bond acceptors (Lipinski definition) is 7. The number of anilines is 1. The van der Waals surface area contributed by atoms with Crippen LogP contribution in [0.1, 0.15) is 34.4 Å². The number of amides is 1. The van der Waals surface area contributed by atoms with Crippen LogP contribution in [0.25, 0.3) is 6.08 Å². The molecule has 0 saturated carbocycles. The number of nitro benzene ring substituents is 1. The van der Waals surface area contributed by atoms with Crippen LogP contribution in [-0.4, -0.2) is 10.8 Å². The number of rotatable bonds is 6. The Morgan fingerprint density at radius 3 is 2.62 bits per heavy atom. The van der Waals surface area contributed by atoms with Crippen molar-refractivity contribution in [3.63, 3.8) is 0 Å². The van der Waals surface area contributed by atoms with E-state index in [9.17, 15) is 25.4 Å². The molecule has 1 N–H and O–H groups in total.